The van der Waals surface area contributed by atoms with Gasteiger partial charge in [-0.2, -0.15) is 0 Å². The summed E-state index contributed by atoms with van der Waals surface area (Å²) >= 11 is 0. The van der Waals surface area contributed by atoms with E-state index in [0.717, 1.165) is 30.6 Å². The number of ether oxygens (including phenoxy) is 1. The molecule has 3 N–H and O–H groups in total. The molecule has 27 heavy (non-hydrogen) atoms. The normalized spacial score (nSPS) is 12.5. The van der Waals surface area contributed by atoms with Gasteiger partial charge in [0.1, 0.15) is 17.7 Å². The fraction of sp³-hybridized carbons (Fsp3) is 0.750. The van der Waals surface area contributed by atoms with Gasteiger partial charge in [-0.1, -0.05) is 85.0 Å². The second-order valence-corrected chi connectivity index (χ2v) is 8.37. The minimum absolute atomic E-state index is 0.264. The maximum absolute atomic E-state index is 9.95. The van der Waals surface area contributed by atoms with Crippen LogP contribution in [0.25, 0.3) is 0 Å². The largest absolute Gasteiger partial charge is 0.508 e. The first-order valence-corrected chi connectivity index (χ1v) is 11.3. The van der Waals surface area contributed by atoms with Gasteiger partial charge in [-0.05, 0) is 48.9 Å². The molecule has 3 nitrogen and oxygen atoms in total. The van der Waals surface area contributed by atoms with E-state index in [9.17, 15) is 5.11 Å². The third-order valence-corrected chi connectivity index (χ3v) is 5.06. The number of phenols is 1. The van der Waals surface area contributed by atoms with Crippen molar-refractivity contribution in [1.82, 2.24) is 0 Å². The van der Waals surface area contributed by atoms with Crippen molar-refractivity contribution in [1.29, 1.82) is 0 Å². The zero-order valence-electron chi connectivity index (χ0n) is 18.0. The van der Waals surface area contributed by atoms with Crippen LogP contribution in [0.4, 0.5) is 0 Å². The number of phenolic OH excluding ortho intramolecular Hbond substituents is 1. The number of aromatic hydroxyl groups is 1. The van der Waals surface area contributed by atoms with E-state index in [-0.39, 0.29) is 6.23 Å². The summed E-state index contributed by atoms with van der Waals surface area (Å²) < 4.78 is 5.85. The second-order valence-electron chi connectivity index (χ2n) is 8.37. The summed E-state index contributed by atoms with van der Waals surface area (Å²) in [7, 11) is 0. The van der Waals surface area contributed by atoms with Crippen molar-refractivity contribution in [3.05, 3.63) is 23.8 Å². The van der Waals surface area contributed by atoms with Crippen LogP contribution in [0.1, 0.15) is 103 Å². The predicted molar refractivity (Wildman–Crippen MR) is 116 cm³/mol. The Hall–Kier alpha value is -1.22. The summed E-state index contributed by atoms with van der Waals surface area (Å²) in [5.74, 6) is 1.60. The van der Waals surface area contributed by atoms with E-state index in [1.807, 2.05) is 6.07 Å². The topological polar surface area (TPSA) is 55.5 Å². The first-order valence-electron chi connectivity index (χ1n) is 11.3. The molecule has 3 heteroatoms. The smallest absolute Gasteiger partial charge is 0.147 e. The third kappa shape index (κ3) is 12.0. The summed E-state index contributed by atoms with van der Waals surface area (Å²) in [6.07, 6.45) is 16.2. The van der Waals surface area contributed by atoms with E-state index >= 15 is 0 Å². The highest BCUT2D eigenvalue weighted by molar-refractivity contribution is 5.39. The molecule has 156 valence electrons. The Morgan fingerprint density at radius 2 is 1.44 bits per heavy atom. The standard InChI is InChI=1S/C24H43NO2/c1-4-5-6-7-8-9-10-11-12-13-14-15-24(25)27-22-16-17-23(26)21(19-22)18-20(2)3/h16-17,19-20,24,26H,4-15,18,25H2,1-3H3. The third-order valence-electron chi connectivity index (χ3n) is 5.06. The average molecular weight is 378 g/mol. The van der Waals surface area contributed by atoms with Crippen LogP contribution in [0.3, 0.4) is 0 Å². The Kier molecular flexibility index (Phi) is 13.0. The first-order chi connectivity index (χ1) is 13.0. The van der Waals surface area contributed by atoms with E-state index in [2.05, 4.69) is 20.8 Å². The molecule has 0 radical (unpaired) electrons. The van der Waals surface area contributed by atoms with E-state index in [4.69, 9.17) is 10.5 Å². The Morgan fingerprint density at radius 1 is 0.889 bits per heavy atom. The quantitative estimate of drug-likeness (QED) is 0.242. The van der Waals surface area contributed by atoms with Crippen molar-refractivity contribution in [3.8, 4) is 11.5 Å². The van der Waals surface area contributed by atoms with Gasteiger partial charge in [-0.15, -0.1) is 0 Å². The van der Waals surface area contributed by atoms with Gasteiger partial charge < -0.3 is 9.84 Å². The number of unbranched alkanes of at least 4 members (excludes halogenated alkanes) is 10. The van der Waals surface area contributed by atoms with Gasteiger partial charge in [0.05, 0.1) is 0 Å². The van der Waals surface area contributed by atoms with Crippen molar-refractivity contribution in [3.63, 3.8) is 0 Å². The van der Waals surface area contributed by atoms with Crippen LogP contribution in [0.5, 0.6) is 11.5 Å². The number of nitrogens with two attached hydrogens (primary N) is 1. The van der Waals surface area contributed by atoms with Gasteiger partial charge in [0.25, 0.3) is 0 Å². The number of hydrogen-bond donors (Lipinski definition) is 2. The Balaban J connectivity index is 2.10. The molecule has 0 aliphatic carbocycles. The lowest BCUT2D eigenvalue weighted by molar-refractivity contribution is 0.194. The lowest BCUT2D eigenvalue weighted by Crippen LogP contribution is -2.26. The summed E-state index contributed by atoms with van der Waals surface area (Å²) in [6.45, 7) is 6.56. The molecule has 1 rings (SSSR count). The average Bonchev–Trinajstić information content (AvgIpc) is 2.62. The molecule has 0 aromatic heterocycles. The van der Waals surface area contributed by atoms with E-state index < -0.39 is 0 Å². The van der Waals surface area contributed by atoms with Crippen LogP contribution < -0.4 is 10.5 Å². The van der Waals surface area contributed by atoms with Crippen molar-refractivity contribution in [2.75, 3.05) is 0 Å². The monoisotopic (exact) mass is 377 g/mol. The Labute approximate surface area is 167 Å². The van der Waals surface area contributed by atoms with Gasteiger partial charge in [-0.3, -0.25) is 5.73 Å². The van der Waals surface area contributed by atoms with Crippen LogP contribution in [0, 0.1) is 5.92 Å². The van der Waals surface area contributed by atoms with Crippen LogP contribution in [0.15, 0.2) is 18.2 Å². The summed E-state index contributed by atoms with van der Waals surface area (Å²) in [6, 6.07) is 5.44. The maximum atomic E-state index is 9.95. The molecule has 0 spiro atoms. The highest BCUT2D eigenvalue weighted by Gasteiger charge is 2.09. The molecular formula is C24H43NO2. The van der Waals surface area contributed by atoms with Crippen LogP contribution >= 0.6 is 0 Å². The summed E-state index contributed by atoms with van der Waals surface area (Å²) in [4.78, 5) is 0. The number of rotatable bonds is 16. The van der Waals surface area contributed by atoms with Crippen molar-refractivity contribution < 1.29 is 9.84 Å². The van der Waals surface area contributed by atoms with Gasteiger partial charge >= 0.3 is 0 Å². The predicted octanol–water partition coefficient (Wildman–Crippen LogP) is 6.96. The van der Waals surface area contributed by atoms with Crippen LogP contribution in [0.2, 0.25) is 0 Å². The van der Waals surface area contributed by atoms with E-state index in [1.165, 1.54) is 64.2 Å². The molecule has 0 aliphatic rings. The van der Waals surface area contributed by atoms with Gasteiger partial charge in [0, 0.05) is 0 Å². The molecule has 1 unspecified atom stereocenters. The minimum atomic E-state index is -0.264. The molecule has 1 atom stereocenters. The molecule has 1 aromatic carbocycles. The Bertz CT molecular complexity index is 487. The number of hydrogen-bond acceptors (Lipinski definition) is 3. The molecule has 0 fully saturated rings. The van der Waals surface area contributed by atoms with Crippen molar-refractivity contribution >= 4 is 0 Å². The lowest BCUT2D eigenvalue weighted by atomic mass is 10.0. The summed E-state index contributed by atoms with van der Waals surface area (Å²) in [5.41, 5.74) is 7.07. The number of benzene rings is 1. The van der Waals surface area contributed by atoms with Crippen LogP contribution in [-0.4, -0.2) is 11.3 Å². The molecule has 0 aliphatic heterocycles. The van der Waals surface area contributed by atoms with Crippen molar-refractivity contribution in [2.45, 2.75) is 110 Å². The van der Waals surface area contributed by atoms with Crippen molar-refractivity contribution in [2.24, 2.45) is 11.7 Å². The molecule has 0 saturated carbocycles. The molecule has 0 bridgehead atoms. The van der Waals surface area contributed by atoms with Gasteiger partial charge in [-0.25, -0.2) is 0 Å². The fourth-order valence-corrected chi connectivity index (χ4v) is 3.48. The first kappa shape index (κ1) is 23.8. The molecule has 0 heterocycles. The van der Waals surface area contributed by atoms with Crippen LogP contribution in [-0.2, 0) is 6.42 Å². The zero-order chi connectivity index (χ0) is 19.9. The van der Waals surface area contributed by atoms with E-state index in [1.54, 1.807) is 12.1 Å². The van der Waals surface area contributed by atoms with Gasteiger partial charge in [0.15, 0.2) is 0 Å². The highest BCUT2D eigenvalue weighted by Crippen LogP contribution is 2.26. The molecule has 0 amide bonds. The zero-order valence-corrected chi connectivity index (χ0v) is 18.0. The van der Waals surface area contributed by atoms with E-state index in [0.29, 0.717) is 11.7 Å². The minimum Gasteiger partial charge on any atom is -0.508 e. The highest BCUT2D eigenvalue weighted by atomic mass is 16.5. The second kappa shape index (κ2) is 14.8. The SMILES string of the molecule is CCCCCCCCCCCCCC(N)Oc1ccc(O)c(CC(C)C)c1. The molecule has 1 aromatic rings. The maximum Gasteiger partial charge on any atom is 0.147 e. The van der Waals surface area contributed by atoms with Gasteiger partial charge in [0.2, 0.25) is 0 Å². The molecular weight excluding hydrogens is 334 g/mol. The molecule has 0 saturated heterocycles. The Morgan fingerprint density at radius 3 is 2.00 bits per heavy atom. The lowest BCUT2D eigenvalue weighted by Gasteiger charge is -2.16. The summed E-state index contributed by atoms with van der Waals surface area (Å²) in [5, 5.41) is 9.95. The fourth-order valence-electron chi connectivity index (χ4n) is 3.48.